The van der Waals surface area contributed by atoms with Gasteiger partial charge in [-0.3, -0.25) is 9.88 Å². The molecule has 0 saturated carbocycles. The fraction of sp³-hybridized carbons (Fsp3) is 0.286. The molecule has 136 valence electrons. The number of aromatic nitrogens is 3. The Hall–Kier alpha value is -2.57. The second-order valence-corrected chi connectivity index (χ2v) is 7.71. The molecule has 4 aromatic rings. The summed E-state index contributed by atoms with van der Waals surface area (Å²) >= 11 is 1.64. The molecule has 1 aliphatic rings. The number of hydrogen-bond acceptors (Lipinski definition) is 6. The smallest absolute Gasteiger partial charge is 0.248 e. The zero-order chi connectivity index (χ0) is 18.1. The summed E-state index contributed by atoms with van der Waals surface area (Å²) in [5, 5.41) is 13.9. The Kier molecular flexibility index (Phi) is 4.43. The van der Waals surface area contributed by atoms with Crippen LogP contribution in [0.2, 0.25) is 0 Å². The topological polar surface area (TPSA) is 55.1 Å². The monoisotopic (exact) mass is 376 g/mol. The molecule has 0 amide bonds. The minimum atomic E-state index is 0.159. The molecule has 0 radical (unpaired) electrons. The van der Waals surface area contributed by atoms with Gasteiger partial charge < -0.3 is 4.42 Å². The molecule has 0 N–H and O–H groups in total. The number of likely N-dealkylation sites (tertiary alicyclic amines) is 1. The average molecular weight is 376 g/mol. The van der Waals surface area contributed by atoms with Gasteiger partial charge in [0.2, 0.25) is 11.8 Å². The van der Waals surface area contributed by atoms with Crippen LogP contribution in [-0.2, 0) is 6.54 Å². The molecular formula is C21H20N4OS. The number of nitrogens with zero attached hydrogens (tertiary/aromatic N) is 4. The second-order valence-electron chi connectivity index (χ2n) is 6.93. The number of hydrogen-bond donors (Lipinski definition) is 0. The van der Waals surface area contributed by atoms with Gasteiger partial charge in [-0.1, -0.05) is 30.7 Å². The molecule has 27 heavy (non-hydrogen) atoms. The summed E-state index contributed by atoms with van der Waals surface area (Å²) in [7, 11) is 0. The Labute approximate surface area is 161 Å². The molecule has 0 spiro atoms. The molecule has 3 aromatic heterocycles. The van der Waals surface area contributed by atoms with Crippen molar-refractivity contribution in [3.05, 3.63) is 64.8 Å². The molecule has 1 aromatic carbocycles. The first-order chi connectivity index (χ1) is 13.4. The van der Waals surface area contributed by atoms with E-state index in [1.54, 1.807) is 11.3 Å². The number of piperidine rings is 1. The van der Waals surface area contributed by atoms with E-state index in [9.17, 15) is 0 Å². The van der Waals surface area contributed by atoms with E-state index in [4.69, 9.17) is 9.40 Å². The number of para-hydroxylation sites is 1. The Morgan fingerprint density at radius 1 is 1.07 bits per heavy atom. The molecule has 6 heteroatoms. The van der Waals surface area contributed by atoms with Crippen LogP contribution in [0.25, 0.3) is 22.4 Å². The highest BCUT2D eigenvalue weighted by Crippen LogP contribution is 2.33. The fourth-order valence-corrected chi connectivity index (χ4v) is 4.37. The van der Waals surface area contributed by atoms with Gasteiger partial charge in [0, 0.05) is 22.9 Å². The Bertz CT molecular complexity index is 1040. The van der Waals surface area contributed by atoms with Crippen LogP contribution in [0.1, 0.15) is 36.9 Å². The van der Waals surface area contributed by atoms with Gasteiger partial charge in [0.1, 0.15) is 0 Å². The van der Waals surface area contributed by atoms with E-state index in [-0.39, 0.29) is 6.04 Å². The van der Waals surface area contributed by atoms with Crippen LogP contribution in [0, 0.1) is 0 Å². The van der Waals surface area contributed by atoms with Crippen LogP contribution in [0.3, 0.4) is 0 Å². The lowest BCUT2D eigenvalue weighted by atomic mass is 10.0. The third kappa shape index (κ3) is 3.38. The largest absolute Gasteiger partial charge is 0.419 e. The first-order valence-corrected chi connectivity index (χ1v) is 10.3. The Morgan fingerprint density at radius 3 is 2.96 bits per heavy atom. The first-order valence-electron chi connectivity index (χ1n) is 9.31. The van der Waals surface area contributed by atoms with Gasteiger partial charge in [-0.2, -0.15) is 11.3 Å². The van der Waals surface area contributed by atoms with Crippen molar-refractivity contribution >= 4 is 22.2 Å². The van der Waals surface area contributed by atoms with Crippen molar-refractivity contribution in [2.24, 2.45) is 0 Å². The van der Waals surface area contributed by atoms with Gasteiger partial charge in [0.15, 0.2) is 0 Å². The van der Waals surface area contributed by atoms with E-state index in [0.717, 1.165) is 42.2 Å². The number of fused-ring (bicyclic) bond motifs is 1. The maximum atomic E-state index is 6.03. The standard InChI is InChI=1S/C21H20N4OS/c1-2-6-18-15(5-1)8-9-17(22-18)13-25-11-4-3-7-19(25)21-24-23-20(26-21)16-10-12-27-14-16/h1-2,5-6,8-10,12,14,19H,3-4,7,11,13H2/t19-/m1/s1. The molecule has 4 heterocycles. The van der Waals surface area contributed by atoms with Gasteiger partial charge in [-0.15, -0.1) is 10.2 Å². The lowest BCUT2D eigenvalue weighted by Crippen LogP contribution is -2.33. The van der Waals surface area contributed by atoms with Crippen LogP contribution in [0.4, 0.5) is 0 Å². The van der Waals surface area contributed by atoms with E-state index in [1.165, 1.54) is 18.2 Å². The number of rotatable bonds is 4. The Morgan fingerprint density at radius 2 is 2.04 bits per heavy atom. The van der Waals surface area contributed by atoms with Gasteiger partial charge in [0.05, 0.1) is 17.3 Å². The SMILES string of the molecule is c1ccc2nc(CN3CCCC[C@@H]3c3nnc(-c4ccsc4)o3)ccc2c1. The summed E-state index contributed by atoms with van der Waals surface area (Å²) in [4.78, 5) is 7.26. The third-order valence-corrected chi connectivity index (χ3v) is 5.81. The van der Waals surface area contributed by atoms with E-state index in [2.05, 4.69) is 39.4 Å². The average Bonchev–Trinajstić information content (AvgIpc) is 3.40. The molecule has 0 unspecified atom stereocenters. The maximum absolute atomic E-state index is 6.03. The number of pyridine rings is 1. The summed E-state index contributed by atoms with van der Waals surface area (Å²) < 4.78 is 6.03. The van der Waals surface area contributed by atoms with Gasteiger partial charge >= 0.3 is 0 Å². The second kappa shape index (κ2) is 7.21. The summed E-state index contributed by atoms with van der Waals surface area (Å²) in [6.45, 7) is 1.82. The molecule has 1 aliphatic heterocycles. The molecule has 5 nitrogen and oxygen atoms in total. The summed E-state index contributed by atoms with van der Waals surface area (Å²) in [5.74, 6) is 1.33. The number of benzene rings is 1. The molecular weight excluding hydrogens is 356 g/mol. The van der Waals surface area contributed by atoms with Crippen LogP contribution in [0.5, 0.6) is 0 Å². The summed E-state index contributed by atoms with van der Waals surface area (Å²) in [6.07, 6.45) is 3.41. The highest BCUT2D eigenvalue weighted by molar-refractivity contribution is 7.08. The highest BCUT2D eigenvalue weighted by Gasteiger charge is 2.29. The zero-order valence-electron chi connectivity index (χ0n) is 14.9. The lowest BCUT2D eigenvalue weighted by Gasteiger charge is -2.33. The van der Waals surface area contributed by atoms with Crippen molar-refractivity contribution in [2.75, 3.05) is 6.54 Å². The van der Waals surface area contributed by atoms with E-state index in [1.807, 2.05) is 29.0 Å². The molecule has 1 fully saturated rings. The Balaban J connectivity index is 1.40. The van der Waals surface area contributed by atoms with Crippen molar-refractivity contribution in [3.8, 4) is 11.5 Å². The first kappa shape index (κ1) is 16.6. The quantitative estimate of drug-likeness (QED) is 0.497. The predicted molar refractivity (Wildman–Crippen MR) is 106 cm³/mol. The van der Waals surface area contributed by atoms with Gasteiger partial charge in [0.25, 0.3) is 0 Å². The van der Waals surface area contributed by atoms with Gasteiger partial charge in [-0.05, 0) is 43.0 Å². The van der Waals surface area contributed by atoms with Crippen LogP contribution in [0.15, 0.2) is 57.6 Å². The van der Waals surface area contributed by atoms with E-state index < -0.39 is 0 Å². The lowest BCUT2D eigenvalue weighted by molar-refractivity contribution is 0.117. The van der Waals surface area contributed by atoms with Crippen LogP contribution >= 0.6 is 11.3 Å². The van der Waals surface area contributed by atoms with Crippen molar-refractivity contribution in [1.82, 2.24) is 20.1 Å². The highest BCUT2D eigenvalue weighted by atomic mass is 32.1. The van der Waals surface area contributed by atoms with Crippen molar-refractivity contribution in [1.29, 1.82) is 0 Å². The molecule has 0 aliphatic carbocycles. The number of thiophene rings is 1. The van der Waals surface area contributed by atoms with E-state index >= 15 is 0 Å². The summed E-state index contributed by atoms with van der Waals surface area (Å²) in [5.41, 5.74) is 3.12. The van der Waals surface area contributed by atoms with Crippen molar-refractivity contribution < 1.29 is 4.42 Å². The molecule has 1 saturated heterocycles. The molecule has 1 atom stereocenters. The minimum Gasteiger partial charge on any atom is -0.419 e. The predicted octanol–water partition coefficient (Wildman–Crippen LogP) is 5.07. The maximum Gasteiger partial charge on any atom is 0.248 e. The van der Waals surface area contributed by atoms with Crippen LogP contribution in [-0.4, -0.2) is 26.6 Å². The normalized spacial score (nSPS) is 18.1. The third-order valence-electron chi connectivity index (χ3n) is 5.13. The minimum absolute atomic E-state index is 0.159. The van der Waals surface area contributed by atoms with Crippen molar-refractivity contribution in [2.45, 2.75) is 31.8 Å². The van der Waals surface area contributed by atoms with Crippen molar-refractivity contribution in [3.63, 3.8) is 0 Å². The zero-order valence-corrected chi connectivity index (χ0v) is 15.7. The van der Waals surface area contributed by atoms with Gasteiger partial charge in [-0.25, -0.2) is 0 Å². The molecule has 5 rings (SSSR count). The molecule has 0 bridgehead atoms. The summed E-state index contributed by atoms with van der Waals surface area (Å²) in [6, 6.07) is 14.7. The van der Waals surface area contributed by atoms with E-state index in [0.29, 0.717) is 5.89 Å². The fourth-order valence-electron chi connectivity index (χ4n) is 3.74. The van der Waals surface area contributed by atoms with Crippen LogP contribution < -0.4 is 0 Å².